The van der Waals surface area contributed by atoms with Gasteiger partial charge in [-0.3, -0.25) is 24.1 Å². The van der Waals surface area contributed by atoms with Gasteiger partial charge in [0.1, 0.15) is 11.5 Å². The Morgan fingerprint density at radius 3 is 2.38 bits per heavy atom. The van der Waals surface area contributed by atoms with Crippen molar-refractivity contribution in [3.8, 4) is 11.5 Å². The standard InChI is InChI=1S/C37H33N3O8S2/c1-3-47-36(44)18-8-10-19(11-9-18)38-26(41)17-48-25-7-5-4-6-22(25)27-28-23-16-24(31(28)49-33-32(27)50-37(45)39-33)30-29(23)34(42)40(35(30)43)20-12-14-21(46-2)15-13-20/h4-15,23-24,27-31H,3,16-17H2,1-2H3,(H,38,41)(H,39,45)/t23-,24-,27-,28?,29?,30?,31?/m1/s1. The molecule has 2 saturated carbocycles. The van der Waals surface area contributed by atoms with Gasteiger partial charge < -0.3 is 24.5 Å². The first-order valence-electron chi connectivity index (χ1n) is 16.5. The van der Waals surface area contributed by atoms with E-state index in [1.807, 2.05) is 24.3 Å². The van der Waals surface area contributed by atoms with E-state index < -0.39 is 17.8 Å². The zero-order chi connectivity index (χ0) is 34.7. The summed E-state index contributed by atoms with van der Waals surface area (Å²) in [4.78, 5) is 70.9. The number of H-pyrrole nitrogens is 1. The van der Waals surface area contributed by atoms with E-state index in [0.717, 1.165) is 33.2 Å². The highest BCUT2D eigenvalue weighted by molar-refractivity contribution is 8.00. The Kier molecular flexibility index (Phi) is 8.26. The number of nitrogens with one attached hydrogen (secondary N) is 2. The number of anilines is 2. The molecule has 11 nitrogen and oxygen atoms in total. The first-order valence-corrected chi connectivity index (χ1v) is 18.2. The lowest BCUT2D eigenvalue weighted by molar-refractivity contribution is -0.123. The van der Waals surface area contributed by atoms with E-state index in [9.17, 15) is 24.0 Å². The number of aromatic nitrogens is 1. The van der Waals surface area contributed by atoms with Crippen LogP contribution in [-0.2, 0) is 19.1 Å². The first kappa shape index (κ1) is 32.3. The molecule has 4 aromatic rings. The number of nitrogens with zero attached hydrogens (tertiary/aromatic N) is 1. The molecule has 0 spiro atoms. The summed E-state index contributed by atoms with van der Waals surface area (Å²) >= 11 is 2.78. The van der Waals surface area contributed by atoms with Gasteiger partial charge >= 0.3 is 10.8 Å². The predicted molar refractivity (Wildman–Crippen MR) is 187 cm³/mol. The molecule has 3 amide bonds. The molecule has 4 unspecified atom stereocenters. The summed E-state index contributed by atoms with van der Waals surface area (Å²) in [5.74, 6) is -1.30. The largest absolute Gasteiger partial charge is 0.497 e. The third kappa shape index (κ3) is 5.30. The Balaban J connectivity index is 1.06. The number of esters is 1. The van der Waals surface area contributed by atoms with Crippen LogP contribution >= 0.6 is 23.1 Å². The summed E-state index contributed by atoms with van der Waals surface area (Å²) in [6.07, 6.45) is 0.752. The lowest BCUT2D eigenvalue weighted by Gasteiger charge is -2.43. The minimum absolute atomic E-state index is 0.00509. The number of hydrogen-bond acceptors (Lipinski definition) is 10. The highest BCUT2D eigenvalue weighted by Gasteiger charge is 2.69. The Bertz CT molecular complexity index is 2060. The molecule has 7 atom stereocenters. The number of benzene rings is 3. The molecule has 1 saturated heterocycles. The lowest BCUT2D eigenvalue weighted by Crippen LogP contribution is -2.42. The van der Waals surface area contributed by atoms with Crippen LogP contribution in [0.15, 0.2) is 82.6 Å². The number of fused-ring (bicyclic) bond motifs is 9. The van der Waals surface area contributed by atoms with Crippen molar-refractivity contribution >= 4 is 58.2 Å². The number of methoxy groups -OCH3 is 1. The van der Waals surface area contributed by atoms with Gasteiger partial charge in [0, 0.05) is 27.3 Å². The number of aromatic amines is 1. The zero-order valence-electron chi connectivity index (χ0n) is 27.1. The molecule has 2 bridgehead atoms. The topological polar surface area (TPSA) is 144 Å². The molecule has 2 aliphatic carbocycles. The van der Waals surface area contributed by atoms with Crippen LogP contribution in [0.1, 0.15) is 40.1 Å². The fourth-order valence-corrected chi connectivity index (χ4v) is 11.3. The molecule has 1 aromatic heterocycles. The second-order valence-corrected chi connectivity index (χ2v) is 15.0. The molecule has 3 fully saturated rings. The molecular formula is C37H33N3O8S2. The third-order valence-corrected chi connectivity index (χ3v) is 12.9. The van der Waals surface area contributed by atoms with Crippen LogP contribution in [0.5, 0.6) is 11.5 Å². The number of rotatable bonds is 9. The van der Waals surface area contributed by atoms with Gasteiger partial charge in [-0.05, 0) is 85.7 Å². The molecule has 0 radical (unpaired) electrons. The van der Waals surface area contributed by atoms with Crippen LogP contribution in [0, 0.1) is 29.6 Å². The van der Waals surface area contributed by atoms with Gasteiger partial charge in [-0.1, -0.05) is 29.5 Å². The minimum atomic E-state index is -0.453. The highest BCUT2D eigenvalue weighted by atomic mass is 32.2. The number of imide groups is 1. The molecule has 50 heavy (non-hydrogen) atoms. The highest BCUT2D eigenvalue weighted by Crippen LogP contribution is 2.69. The van der Waals surface area contributed by atoms with Crippen molar-refractivity contribution in [2.24, 2.45) is 29.6 Å². The number of carbonyl (C=O) groups is 4. The summed E-state index contributed by atoms with van der Waals surface area (Å²) in [5.41, 5.74) is 2.26. The Labute approximate surface area is 295 Å². The zero-order valence-corrected chi connectivity index (χ0v) is 28.8. The molecular weight excluding hydrogens is 679 g/mol. The van der Waals surface area contributed by atoms with Gasteiger partial charge in [0.25, 0.3) is 5.91 Å². The Morgan fingerprint density at radius 1 is 0.940 bits per heavy atom. The fraction of sp³-hybridized carbons (Fsp3) is 0.324. The van der Waals surface area contributed by atoms with Crippen molar-refractivity contribution < 1.29 is 33.4 Å². The van der Waals surface area contributed by atoms with Crippen LogP contribution < -0.4 is 24.6 Å². The quantitative estimate of drug-likeness (QED) is 0.174. The Hall–Kier alpha value is -4.88. The molecule has 3 heterocycles. The lowest BCUT2D eigenvalue weighted by atomic mass is 9.68. The number of amides is 3. The first-order chi connectivity index (χ1) is 24.3. The fourth-order valence-electron chi connectivity index (χ4n) is 8.46. The number of thiazole rings is 1. The van der Waals surface area contributed by atoms with Gasteiger partial charge in [0.2, 0.25) is 11.8 Å². The van der Waals surface area contributed by atoms with Gasteiger partial charge in [0.15, 0.2) is 6.61 Å². The van der Waals surface area contributed by atoms with Gasteiger partial charge in [-0.15, -0.1) is 11.8 Å². The average molecular weight is 712 g/mol. The summed E-state index contributed by atoms with van der Waals surface area (Å²) in [6, 6.07) is 20.9. The van der Waals surface area contributed by atoms with Crippen LogP contribution in [0.2, 0.25) is 0 Å². The average Bonchev–Trinajstić information content (AvgIpc) is 3.86. The van der Waals surface area contributed by atoms with Crippen molar-refractivity contribution in [2.45, 2.75) is 29.5 Å². The van der Waals surface area contributed by atoms with Gasteiger partial charge in [0.05, 0.1) is 41.8 Å². The number of thioether (sulfide) groups is 1. The van der Waals surface area contributed by atoms with Crippen LogP contribution in [0.4, 0.5) is 11.4 Å². The molecule has 2 N–H and O–H groups in total. The van der Waals surface area contributed by atoms with Gasteiger partial charge in [-0.2, -0.15) is 0 Å². The van der Waals surface area contributed by atoms with Crippen LogP contribution in [0.3, 0.4) is 0 Å². The maximum atomic E-state index is 14.1. The van der Waals surface area contributed by atoms with Crippen LogP contribution in [0.25, 0.3) is 0 Å². The summed E-state index contributed by atoms with van der Waals surface area (Å²) in [7, 11) is 1.57. The summed E-state index contributed by atoms with van der Waals surface area (Å²) < 4.78 is 16.5. The van der Waals surface area contributed by atoms with E-state index in [1.54, 1.807) is 74.3 Å². The summed E-state index contributed by atoms with van der Waals surface area (Å²) in [5, 5.41) is 3.60. The molecule has 256 valence electrons. The summed E-state index contributed by atoms with van der Waals surface area (Å²) in [6.45, 7) is 1.73. The number of para-hydroxylation sites is 1. The van der Waals surface area contributed by atoms with E-state index in [1.165, 1.54) is 4.90 Å². The van der Waals surface area contributed by atoms with Crippen molar-refractivity contribution in [3.63, 3.8) is 0 Å². The number of hydrogen-bond donors (Lipinski definition) is 2. The van der Waals surface area contributed by atoms with Crippen LogP contribution in [-0.4, -0.2) is 54.2 Å². The molecule has 8 rings (SSSR count). The van der Waals surface area contributed by atoms with E-state index in [2.05, 4.69) is 10.3 Å². The second-order valence-electron chi connectivity index (χ2n) is 12.8. The van der Waals surface area contributed by atoms with E-state index >= 15 is 0 Å². The minimum Gasteiger partial charge on any atom is -0.497 e. The third-order valence-electron chi connectivity index (χ3n) is 10.3. The molecule has 13 heteroatoms. The predicted octanol–water partition coefficient (Wildman–Crippen LogP) is 5.32. The SMILES string of the molecule is CCOC(=O)c1ccc(NC(=O)COc2ccccc2[C@H]2c3sc(=O)[nH]c3SC3C2[C@H]2C[C@@H]3C3C(=O)N(c4ccc(OC)cc4)C(=O)C32)cc1. The van der Waals surface area contributed by atoms with Crippen molar-refractivity contribution in [1.29, 1.82) is 0 Å². The maximum absolute atomic E-state index is 14.1. The van der Waals surface area contributed by atoms with E-state index in [0.29, 0.717) is 28.4 Å². The smallest absolute Gasteiger partial charge is 0.338 e. The molecule has 3 aromatic carbocycles. The van der Waals surface area contributed by atoms with Gasteiger partial charge in [-0.25, -0.2) is 4.79 Å². The molecule has 2 aliphatic heterocycles. The van der Waals surface area contributed by atoms with Crippen molar-refractivity contribution in [2.75, 3.05) is 30.5 Å². The monoisotopic (exact) mass is 711 g/mol. The van der Waals surface area contributed by atoms with E-state index in [-0.39, 0.29) is 64.7 Å². The van der Waals surface area contributed by atoms with Crippen molar-refractivity contribution in [1.82, 2.24) is 4.98 Å². The maximum Gasteiger partial charge on any atom is 0.338 e. The second kappa shape index (κ2) is 12.8. The van der Waals surface area contributed by atoms with Crippen molar-refractivity contribution in [3.05, 3.63) is 98.5 Å². The Morgan fingerprint density at radius 2 is 1.66 bits per heavy atom. The van der Waals surface area contributed by atoms with E-state index in [4.69, 9.17) is 14.2 Å². The number of ether oxygens (including phenoxy) is 3. The normalized spacial score (nSPS) is 25.9. The number of carbonyl (C=O) groups excluding carboxylic acids is 4. The molecule has 4 aliphatic rings.